The molecule has 3 aromatic carbocycles. The molecular formula is C31H28N4O. The zero-order chi connectivity index (χ0) is 25.0. The van der Waals surface area contributed by atoms with Gasteiger partial charge in [-0.05, 0) is 81.8 Å². The lowest BCUT2D eigenvalue weighted by Gasteiger charge is -2.46. The van der Waals surface area contributed by atoms with Crippen molar-refractivity contribution in [2.45, 2.75) is 33.2 Å². The van der Waals surface area contributed by atoms with Crippen molar-refractivity contribution < 1.29 is 5.11 Å². The molecule has 5 heteroatoms. The Morgan fingerprint density at radius 3 is 2.31 bits per heavy atom. The fourth-order valence-electron chi connectivity index (χ4n) is 5.06. The summed E-state index contributed by atoms with van der Waals surface area (Å²) in [5.41, 5.74) is 7.77. The molecule has 2 aromatic heterocycles. The third-order valence-corrected chi connectivity index (χ3v) is 6.62. The van der Waals surface area contributed by atoms with Gasteiger partial charge in [0.25, 0.3) is 0 Å². The Bertz CT molecular complexity index is 1620. The fourth-order valence-corrected chi connectivity index (χ4v) is 5.06. The minimum Gasteiger partial charge on any atom is -0.506 e. The van der Waals surface area contributed by atoms with Crippen LogP contribution >= 0.6 is 0 Å². The Kier molecular flexibility index (Phi) is 4.97. The number of para-hydroxylation sites is 3. The van der Waals surface area contributed by atoms with Crippen molar-refractivity contribution in [2.24, 2.45) is 0 Å². The molecule has 3 heterocycles. The number of aromatic hydroxyl groups is 1. The third-order valence-electron chi connectivity index (χ3n) is 6.62. The van der Waals surface area contributed by atoms with Crippen molar-refractivity contribution in [3.05, 3.63) is 96.7 Å². The molecule has 5 aromatic rings. The lowest BCUT2D eigenvalue weighted by atomic mass is 9.96. The van der Waals surface area contributed by atoms with Gasteiger partial charge in [0.1, 0.15) is 17.1 Å². The predicted molar refractivity (Wildman–Crippen MR) is 148 cm³/mol. The molecule has 6 rings (SSSR count). The summed E-state index contributed by atoms with van der Waals surface area (Å²) in [6.07, 6.45) is 1.86. The number of aryl methyl sites for hydroxylation is 1. The van der Waals surface area contributed by atoms with Gasteiger partial charge in [-0.1, -0.05) is 36.4 Å². The van der Waals surface area contributed by atoms with E-state index in [9.17, 15) is 5.11 Å². The van der Waals surface area contributed by atoms with Crippen LogP contribution in [0.1, 0.15) is 26.3 Å². The van der Waals surface area contributed by atoms with E-state index in [0.29, 0.717) is 5.52 Å². The number of phenolic OH excluding ortho intramolecular Hbond substituents is 1. The number of hydrogen-bond donors (Lipinski definition) is 1. The van der Waals surface area contributed by atoms with Gasteiger partial charge in [-0.25, -0.2) is 9.97 Å². The first-order valence-electron chi connectivity index (χ1n) is 12.2. The molecule has 1 aliphatic heterocycles. The van der Waals surface area contributed by atoms with Gasteiger partial charge in [-0.15, -0.1) is 0 Å². The van der Waals surface area contributed by atoms with E-state index in [1.807, 2.05) is 36.5 Å². The normalized spacial score (nSPS) is 13.0. The average molecular weight is 473 g/mol. The van der Waals surface area contributed by atoms with Crippen LogP contribution in [0.5, 0.6) is 5.75 Å². The summed E-state index contributed by atoms with van der Waals surface area (Å²) in [5.74, 6) is 1.06. The third kappa shape index (κ3) is 3.55. The van der Waals surface area contributed by atoms with Gasteiger partial charge in [-0.2, -0.15) is 0 Å². The molecule has 0 aliphatic carbocycles. The minimum atomic E-state index is -0.147. The van der Waals surface area contributed by atoms with Gasteiger partial charge in [0.05, 0.1) is 28.4 Å². The summed E-state index contributed by atoms with van der Waals surface area (Å²) in [5, 5.41) is 11.3. The van der Waals surface area contributed by atoms with Crippen molar-refractivity contribution in [3.8, 4) is 17.0 Å². The molecule has 1 N–H and O–H groups in total. The molecule has 36 heavy (non-hydrogen) atoms. The first kappa shape index (κ1) is 22.1. The predicted octanol–water partition coefficient (Wildman–Crippen LogP) is 8.03. The maximum atomic E-state index is 10.4. The molecule has 0 spiro atoms. The van der Waals surface area contributed by atoms with E-state index in [0.717, 1.165) is 50.8 Å². The van der Waals surface area contributed by atoms with Crippen LogP contribution < -0.4 is 9.80 Å². The lowest BCUT2D eigenvalue weighted by Crippen LogP contribution is -2.41. The molecule has 0 unspecified atom stereocenters. The molecule has 0 radical (unpaired) electrons. The van der Waals surface area contributed by atoms with Gasteiger partial charge in [0.15, 0.2) is 0 Å². The first-order chi connectivity index (χ1) is 17.3. The standard InChI is InChI=1S/C31H28N4O/c1-20-16-17-32-29(18-20)34-24-9-5-6-10-25(24)35(31(2,3)4)26-15-13-22(19-27(26)34)23-14-12-21-8-7-11-28(36)30(21)33-23/h5-19,36H,1-4H3. The number of fused-ring (bicyclic) bond motifs is 3. The van der Waals surface area contributed by atoms with Crippen LogP contribution in [0.15, 0.2) is 91.1 Å². The highest BCUT2D eigenvalue weighted by Gasteiger charge is 2.35. The van der Waals surface area contributed by atoms with E-state index >= 15 is 0 Å². The van der Waals surface area contributed by atoms with Gasteiger partial charge >= 0.3 is 0 Å². The number of pyridine rings is 2. The Morgan fingerprint density at radius 1 is 0.750 bits per heavy atom. The van der Waals surface area contributed by atoms with E-state index in [-0.39, 0.29) is 11.3 Å². The second-order valence-electron chi connectivity index (χ2n) is 10.3. The fraction of sp³-hybridized carbons (Fsp3) is 0.161. The summed E-state index contributed by atoms with van der Waals surface area (Å²) in [4.78, 5) is 14.2. The number of rotatable bonds is 2. The van der Waals surface area contributed by atoms with Crippen molar-refractivity contribution in [2.75, 3.05) is 9.80 Å². The summed E-state index contributed by atoms with van der Waals surface area (Å²) < 4.78 is 0. The zero-order valence-electron chi connectivity index (χ0n) is 20.9. The van der Waals surface area contributed by atoms with Crippen molar-refractivity contribution >= 4 is 39.5 Å². The largest absolute Gasteiger partial charge is 0.506 e. The second-order valence-corrected chi connectivity index (χ2v) is 10.3. The number of nitrogens with zero attached hydrogens (tertiary/aromatic N) is 4. The quantitative estimate of drug-likeness (QED) is 0.282. The van der Waals surface area contributed by atoms with Crippen LogP contribution in [-0.4, -0.2) is 20.6 Å². The zero-order valence-corrected chi connectivity index (χ0v) is 20.9. The Hall–Kier alpha value is -4.38. The van der Waals surface area contributed by atoms with Gasteiger partial charge < -0.3 is 10.0 Å². The van der Waals surface area contributed by atoms with E-state index in [1.54, 1.807) is 6.07 Å². The number of hydrogen-bond acceptors (Lipinski definition) is 5. The highest BCUT2D eigenvalue weighted by molar-refractivity contribution is 5.99. The van der Waals surface area contributed by atoms with Crippen molar-refractivity contribution in [1.82, 2.24) is 9.97 Å². The van der Waals surface area contributed by atoms with Crippen LogP contribution in [-0.2, 0) is 0 Å². The molecule has 0 saturated heterocycles. The van der Waals surface area contributed by atoms with Crippen LogP contribution in [0.2, 0.25) is 0 Å². The average Bonchev–Trinajstić information content (AvgIpc) is 2.86. The second kappa shape index (κ2) is 8.09. The molecule has 0 bridgehead atoms. The Balaban J connectivity index is 1.61. The van der Waals surface area contributed by atoms with Crippen LogP contribution in [0.4, 0.5) is 28.6 Å². The Morgan fingerprint density at radius 2 is 1.53 bits per heavy atom. The summed E-state index contributed by atoms with van der Waals surface area (Å²) in [7, 11) is 0. The van der Waals surface area contributed by atoms with Crippen molar-refractivity contribution in [1.29, 1.82) is 0 Å². The van der Waals surface area contributed by atoms with E-state index < -0.39 is 0 Å². The van der Waals surface area contributed by atoms with Crippen LogP contribution in [0.3, 0.4) is 0 Å². The van der Waals surface area contributed by atoms with E-state index in [1.165, 1.54) is 0 Å². The molecule has 0 amide bonds. The molecule has 0 saturated carbocycles. The van der Waals surface area contributed by atoms with Crippen molar-refractivity contribution in [3.63, 3.8) is 0 Å². The topological polar surface area (TPSA) is 52.5 Å². The lowest BCUT2D eigenvalue weighted by molar-refractivity contribution is 0.480. The van der Waals surface area contributed by atoms with E-state index in [2.05, 4.69) is 86.0 Å². The van der Waals surface area contributed by atoms with Gasteiger partial charge in [-0.3, -0.25) is 4.90 Å². The molecule has 0 atom stereocenters. The minimum absolute atomic E-state index is 0.147. The van der Waals surface area contributed by atoms with E-state index in [4.69, 9.17) is 9.97 Å². The number of anilines is 5. The highest BCUT2D eigenvalue weighted by Crippen LogP contribution is 2.54. The number of phenols is 1. The summed E-state index contributed by atoms with van der Waals surface area (Å²) in [6.45, 7) is 8.78. The van der Waals surface area contributed by atoms with Crippen LogP contribution in [0, 0.1) is 6.92 Å². The number of benzene rings is 3. The highest BCUT2D eigenvalue weighted by atomic mass is 16.3. The summed E-state index contributed by atoms with van der Waals surface area (Å²) >= 11 is 0. The molecule has 1 aliphatic rings. The Labute approximate surface area is 211 Å². The molecular weight excluding hydrogens is 444 g/mol. The monoisotopic (exact) mass is 472 g/mol. The smallest absolute Gasteiger partial charge is 0.141 e. The molecule has 5 nitrogen and oxygen atoms in total. The maximum absolute atomic E-state index is 10.4. The first-order valence-corrected chi connectivity index (χ1v) is 12.2. The van der Waals surface area contributed by atoms with Gasteiger partial charge in [0, 0.05) is 22.7 Å². The van der Waals surface area contributed by atoms with Gasteiger partial charge in [0.2, 0.25) is 0 Å². The molecule has 0 fully saturated rings. The molecule has 178 valence electrons. The SMILES string of the molecule is Cc1ccnc(N2c3ccccc3N(C(C)(C)C)c3ccc(-c4ccc5cccc(O)c5n4)cc32)c1. The maximum Gasteiger partial charge on any atom is 0.141 e. The van der Waals surface area contributed by atoms with Crippen LogP contribution in [0.25, 0.3) is 22.2 Å². The summed E-state index contributed by atoms with van der Waals surface area (Å²) in [6, 6.07) is 28.6. The number of aromatic nitrogens is 2.